The lowest BCUT2D eigenvalue weighted by Gasteiger charge is -2.04. The first-order chi connectivity index (χ1) is 7.95. The number of benzene rings is 1. The smallest absolute Gasteiger partial charge is 0.328 e. The van der Waals surface area contributed by atoms with Gasteiger partial charge in [0.25, 0.3) is 0 Å². The van der Waals surface area contributed by atoms with Gasteiger partial charge in [0.15, 0.2) is 0 Å². The fraction of sp³-hybridized carbons (Fsp3) is 0.182. The third kappa shape index (κ3) is 4.01. The molecule has 0 unspecified atom stereocenters. The Labute approximate surface area is 99.8 Å². The summed E-state index contributed by atoms with van der Waals surface area (Å²) in [6.07, 6.45) is 2.39. The van der Waals surface area contributed by atoms with Crippen molar-refractivity contribution in [2.24, 2.45) is 0 Å². The molecule has 1 aromatic carbocycles. The van der Waals surface area contributed by atoms with Crippen LogP contribution in [0.1, 0.15) is 12.5 Å². The maximum absolute atomic E-state index is 11.6. The maximum atomic E-state index is 11.6. The normalized spacial score (nSPS) is 11.8. The monoisotopic (exact) mass is 255 g/mol. The molecule has 5 nitrogen and oxygen atoms in total. The van der Waals surface area contributed by atoms with Crippen molar-refractivity contribution in [2.45, 2.75) is 11.8 Å². The highest BCUT2D eigenvalue weighted by atomic mass is 32.2. The SMILES string of the molecule is CCNS(=O)(=O)c1ccc(/C=C/C(=O)O)cc1. The molecular weight excluding hydrogens is 242 g/mol. The average molecular weight is 255 g/mol. The Kier molecular flexibility index (Phi) is 4.42. The number of aliphatic carboxylic acids is 1. The van der Waals surface area contributed by atoms with E-state index in [1.165, 1.54) is 18.2 Å². The van der Waals surface area contributed by atoms with Crippen molar-refractivity contribution < 1.29 is 18.3 Å². The second-order valence-corrected chi connectivity index (χ2v) is 5.01. The molecule has 0 amide bonds. The van der Waals surface area contributed by atoms with E-state index in [1.54, 1.807) is 19.1 Å². The molecule has 1 rings (SSSR count). The van der Waals surface area contributed by atoms with Crippen LogP contribution in [-0.2, 0) is 14.8 Å². The van der Waals surface area contributed by atoms with Crippen molar-refractivity contribution in [2.75, 3.05) is 6.54 Å². The predicted molar refractivity (Wildman–Crippen MR) is 64.0 cm³/mol. The average Bonchev–Trinajstić information content (AvgIpc) is 2.27. The molecule has 17 heavy (non-hydrogen) atoms. The molecule has 0 fully saturated rings. The van der Waals surface area contributed by atoms with Gasteiger partial charge in [-0.15, -0.1) is 0 Å². The summed E-state index contributed by atoms with van der Waals surface area (Å²) in [5, 5.41) is 8.44. The van der Waals surface area contributed by atoms with Crippen LogP contribution in [0.5, 0.6) is 0 Å². The van der Waals surface area contributed by atoms with Crippen molar-refractivity contribution in [1.29, 1.82) is 0 Å². The van der Waals surface area contributed by atoms with Crippen LogP contribution in [0.2, 0.25) is 0 Å². The van der Waals surface area contributed by atoms with E-state index in [1.807, 2.05) is 0 Å². The summed E-state index contributed by atoms with van der Waals surface area (Å²) in [7, 11) is -3.45. The van der Waals surface area contributed by atoms with E-state index < -0.39 is 16.0 Å². The van der Waals surface area contributed by atoms with Crippen molar-refractivity contribution in [3.63, 3.8) is 0 Å². The standard InChI is InChI=1S/C11H13NO4S/c1-2-12-17(15,16)10-6-3-9(4-7-10)5-8-11(13)14/h3-8,12H,2H2,1H3,(H,13,14)/b8-5+. The summed E-state index contributed by atoms with van der Waals surface area (Å²) < 4.78 is 25.5. The maximum Gasteiger partial charge on any atom is 0.328 e. The molecule has 0 radical (unpaired) electrons. The van der Waals surface area contributed by atoms with Crippen LogP contribution >= 0.6 is 0 Å². The van der Waals surface area contributed by atoms with Gasteiger partial charge in [-0.3, -0.25) is 0 Å². The van der Waals surface area contributed by atoms with E-state index >= 15 is 0 Å². The quantitative estimate of drug-likeness (QED) is 0.771. The van der Waals surface area contributed by atoms with Gasteiger partial charge in [0.2, 0.25) is 10.0 Å². The summed E-state index contributed by atoms with van der Waals surface area (Å²) >= 11 is 0. The zero-order valence-electron chi connectivity index (χ0n) is 9.25. The van der Waals surface area contributed by atoms with Crippen LogP contribution in [0.15, 0.2) is 35.2 Å². The largest absolute Gasteiger partial charge is 0.478 e. The van der Waals surface area contributed by atoms with Gasteiger partial charge in [0, 0.05) is 12.6 Å². The lowest BCUT2D eigenvalue weighted by Crippen LogP contribution is -2.22. The van der Waals surface area contributed by atoms with E-state index in [9.17, 15) is 13.2 Å². The Morgan fingerprint density at radius 1 is 1.35 bits per heavy atom. The number of hydrogen-bond acceptors (Lipinski definition) is 3. The molecule has 0 saturated heterocycles. The lowest BCUT2D eigenvalue weighted by atomic mass is 10.2. The molecule has 92 valence electrons. The zero-order chi connectivity index (χ0) is 12.9. The summed E-state index contributed by atoms with van der Waals surface area (Å²) in [6.45, 7) is 2.02. The zero-order valence-corrected chi connectivity index (χ0v) is 10.1. The Bertz CT molecular complexity index is 517. The molecule has 2 N–H and O–H groups in total. The second kappa shape index (κ2) is 5.60. The molecule has 0 aliphatic rings. The molecule has 0 saturated carbocycles. The molecule has 0 heterocycles. The molecule has 0 aliphatic carbocycles. The summed E-state index contributed by atoms with van der Waals surface area (Å²) in [5.41, 5.74) is 0.628. The molecule has 6 heteroatoms. The fourth-order valence-electron chi connectivity index (χ4n) is 1.20. The number of carboxylic acid groups (broad SMARTS) is 1. The van der Waals surface area contributed by atoms with Gasteiger partial charge in [-0.05, 0) is 23.8 Å². The van der Waals surface area contributed by atoms with Crippen molar-refractivity contribution in [3.8, 4) is 0 Å². The topological polar surface area (TPSA) is 83.5 Å². The number of carbonyl (C=O) groups is 1. The van der Waals surface area contributed by atoms with Crippen LogP contribution in [0.3, 0.4) is 0 Å². The first-order valence-corrected chi connectivity index (χ1v) is 6.45. The Morgan fingerprint density at radius 2 is 1.94 bits per heavy atom. The van der Waals surface area contributed by atoms with E-state index in [0.717, 1.165) is 6.08 Å². The number of hydrogen-bond donors (Lipinski definition) is 2. The van der Waals surface area contributed by atoms with E-state index in [0.29, 0.717) is 12.1 Å². The minimum atomic E-state index is -3.45. The van der Waals surface area contributed by atoms with Crippen LogP contribution in [0.4, 0.5) is 0 Å². The van der Waals surface area contributed by atoms with Crippen LogP contribution in [-0.4, -0.2) is 26.0 Å². The minimum absolute atomic E-state index is 0.159. The Balaban J connectivity index is 2.92. The van der Waals surface area contributed by atoms with Gasteiger partial charge in [0.05, 0.1) is 4.90 Å². The summed E-state index contributed by atoms with van der Waals surface area (Å²) in [5.74, 6) is -1.05. The first kappa shape index (κ1) is 13.4. The van der Waals surface area contributed by atoms with Gasteiger partial charge in [0.1, 0.15) is 0 Å². The first-order valence-electron chi connectivity index (χ1n) is 4.96. The third-order valence-corrected chi connectivity index (χ3v) is 3.50. The molecule has 0 atom stereocenters. The molecule has 1 aromatic rings. The predicted octanol–water partition coefficient (Wildman–Crippen LogP) is 1.08. The number of nitrogens with one attached hydrogen (secondary N) is 1. The molecule has 0 spiro atoms. The molecule has 0 aliphatic heterocycles. The fourth-order valence-corrected chi connectivity index (χ4v) is 2.24. The van der Waals surface area contributed by atoms with Crippen molar-refractivity contribution in [1.82, 2.24) is 4.72 Å². The molecular formula is C11H13NO4S. The highest BCUT2D eigenvalue weighted by Crippen LogP contribution is 2.11. The highest BCUT2D eigenvalue weighted by molar-refractivity contribution is 7.89. The Morgan fingerprint density at radius 3 is 2.41 bits per heavy atom. The van der Waals surface area contributed by atoms with Gasteiger partial charge in [-0.1, -0.05) is 19.1 Å². The van der Waals surface area contributed by atoms with Gasteiger partial charge < -0.3 is 5.11 Å². The van der Waals surface area contributed by atoms with Gasteiger partial charge in [-0.25, -0.2) is 17.9 Å². The van der Waals surface area contributed by atoms with Crippen molar-refractivity contribution in [3.05, 3.63) is 35.9 Å². The second-order valence-electron chi connectivity index (χ2n) is 3.24. The molecule has 0 aromatic heterocycles. The Hall–Kier alpha value is -1.66. The number of rotatable bonds is 5. The van der Waals surface area contributed by atoms with Gasteiger partial charge >= 0.3 is 5.97 Å². The highest BCUT2D eigenvalue weighted by Gasteiger charge is 2.11. The van der Waals surface area contributed by atoms with Gasteiger partial charge in [-0.2, -0.15) is 0 Å². The third-order valence-electron chi connectivity index (χ3n) is 1.94. The van der Waals surface area contributed by atoms with E-state index in [2.05, 4.69) is 4.72 Å². The summed E-state index contributed by atoms with van der Waals surface area (Å²) in [6, 6.07) is 5.95. The van der Waals surface area contributed by atoms with Crippen LogP contribution in [0, 0.1) is 0 Å². The van der Waals surface area contributed by atoms with Crippen molar-refractivity contribution >= 4 is 22.1 Å². The molecule has 0 bridgehead atoms. The lowest BCUT2D eigenvalue weighted by molar-refractivity contribution is -0.131. The minimum Gasteiger partial charge on any atom is -0.478 e. The van der Waals surface area contributed by atoms with Crippen LogP contribution < -0.4 is 4.72 Å². The van der Waals surface area contributed by atoms with Crippen LogP contribution in [0.25, 0.3) is 6.08 Å². The number of carboxylic acids is 1. The van der Waals surface area contributed by atoms with E-state index in [4.69, 9.17) is 5.11 Å². The van der Waals surface area contributed by atoms with E-state index in [-0.39, 0.29) is 4.90 Å². The number of sulfonamides is 1. The summed E-state index contributed by atoms with van der Waals surface area (Å²) in [4.78, 5) is 10.5.